The maximum absolute atomic E-state index is 13.4. The second-order valence-electron chi connectivity index (χ2n) is 6.11. The zero-order valence-corrected chi connectivity index (χ0v) is 15.9. The molecule has 27 heavy (non-hydrogen) atoms. The largest absolute Gasteiger partial charge is 0.379 e. The minimum absolute atomic E-state index is 0.0328. The van der Waals surface area contributed by atoms with Gasteiger partial charge in [-0.15, -0.1) is 0 Å². The quantitative estimate of drug-likeness (QED) is 0.786. The Hall–Kier alpha value is -1.58. The van der Waals surface area contributed by atoms with Crippen molar-refractivity contribution in [1.82, 2.24) is 9.62 Å². The van der Waals surface area contributed by atoms with Crippen molar-refractivity contribution in [2.45, 2.75) is 10.9 Å². The number of benzene rings is 2. The lowest BCUT2D eigenvalue weighted by molar-refractivity contribution is 0.0172. The van der Waals surface area contributed by atoms with Crippen LogP contribution in [0.2, 0.25) is 5.02 Å². The Bertz CT molecular complexity index is 905. The van der Waals surface area contributed by atoms with Crippen LogP contribution in [0.25, 0.3) is 0 Å². The fourth-order valence-corrected chi connectivity index (χ4v) is 4.30. The minimum atomic E-state index is -4.01. The van der Waals surface area contributed by atoms with Crippen molar-refractivity contribution in [3.63, 3.8) is 0 Å². The molecule has 146 valence electrons. The molecule has 5 nitrogen and oxygen atoms in total. The number of hydrogen-bond donors (Lipinski definition) is 1. The molecule has 1 N–H and O–H groups in total. The van der Waals surface area contributed by atoms with Crippen LogP contribution in [0.5, 0.6) is 0 Å². The molecule has 2 aromatic rings. The van der Waals surface area contributed by atoms with Crippen LogP contribution in [0, 0.1) is 11.6 Å². The zero-order chi connectivity index (χ0) is 19.4. The van der Waals surface area contributed by atoms with Crippen LogP contribution in [0.15, 0.2) is 47.4 Å². The van der Waals surface area contributed by atoms with E-state index < -0.39 is 21.7 Å². The summed E-state index contributed by atoms with van der Waals surface area (Å²) in [6.45, 7) is 2.37. The first-order valence-electron chi connectivity index (χ1n) is 8.39. The molecule has 0 aliphatic carbocycles. The Balaban J connectivity index is 1.83. The summed E-state index contributed by atoms with van der Waals surface area (Å²) in [4.78, 5) is 1.75. The Morgan fingerprint density at radius 3 is 2.48 bits per heavy atom. The van der Waals surface area contributed by atoms with E-state index in [9.17, 15) is 17.2 Å². The Labute approximate surface area is 161 Å². The highest BCUT2D eigenvalue weighted by Gasteiger charge is 2.26. The van der Waals surface area contributed by atoms with Crippen LogP contribution in [-0.4, -0.2) is 46.2 Å². The van der Waals surface area contributed by atoms with Crippen LogP contribution in [0.4, 0.5) is 8.78 Å². The Morgan fingerprint density at radius 2 is 1.81 bits per heavy atom. The minimum Gasteiger partial charge on any atom is -0.379 e. The van der Waals surface area contributed by atoms with Gasteiger partial charge in [-0.3, -0.25) is 4.90 Å². The molecule has 1 aliphatic rings. The van der Waals surface area contributed by atoms with E-state index >= 15 is 0 Å². The van der Waals surface area contributed by atoms with Crippen molar-refractivity contribution in [2.24, 2.45) is 0 Å². The lowest BCUT2D eigenvalue weighted by atomic mass is 10.0. The number of sulfonamides is 1. The van der Waals surface area contributed by atoms with Crippen molar-refractivity contribution in [3.05, 3.63) is 64.7 Å². The molecule has 0 bridgehead atoms. The summed E-state index contributed by atoms with van der Waals surface area (Å²) in [5.74, 6) is -2.31. The third-order valence-electron chi connectivity index (χ3n) is 4.42. The number of nitrogens with one attached hydrogen (secondary N) is 1. The van der Waals surface area contributed by atoms with E-state index in [-0.39, 0.29) is 17.5 Å². The highest BCUT2D eigenvalue weighted by Crippen LogP contribution is 2.28. The predicted octanol–water partition coefficient (Wildman–Crippen LogP) is 2.97. The fourth-order valence-electron chi connectivity index (χ4n) is 2.99. The standard InChI is InChI=1S/C18H19ClF2N2O3S/c19-15-4-2-1-3-14(15)18(23-7-9-26-10-8-23)12-22-27(24,25)13-5-6-16(20)17(21)11-13/h1-6,11,18,22H,7-10,12H2. The lowest BCUT2D eigenvalue weighted by Crippen LogP contribution is -2.43. The summed E-state index contributed by atoms with van der Waals surface area (Å²) in [5.41, 5.74) is 0.786. The first-order valence-corrected chi connectivity index (χ1v) is 10.3. The number of morpholine rings is 1. The van der Waals surface area contributed by atoms with Gasteiger partial charge in [-0.2, -0.15) is 0 Å². The normalized spacial score (nSPS) is 17.0. The molecule has 0 saturated carbocycles. The van der Waals surface area contributed by atoms with Gasteiger partial charge in [-0.1, -0.05) is 29.8 Å². The maximum Gasteiger partial charge on any atom is 0.240 e. The number of nitrogens with zero attached hydrogens (tertiary/aromatic N) is 1. The van der Waals surface area contributed by atoms with Crippen LogP contribution >= 0.6 is 11.6 Å². The Morgan fingerprint density at radius 1 is 1.11 bits per heavy atom. The average Bonchev–Trinajstić information content (AvgIpc) is 2.66. The SMILES string of the molecule is O=S(=O)(NCC(c1ccccc1Cl)N1CCOCC1)c1ccc(F)c(F)c1. The van der Waals surface area contributed by atoms with Crippen molar-refractivity contribution < 1.29 is 21.9 Å². The molecule has 1 heterocycles. The van der Waals surface area contributed by atoms with Gasteiger partial charge in [-0.25, -0.2) is 21.9 Å². The lowest BCUT2D eigenvalue weighted by Gasteiger charge is -2.35. The summed E-state index contributed by atoms with van der Waals surface area (Å²) in [6, 6.07) is 9.38. The molecular weight excluding hydrogens is 398 g/mol. The van der Waals surface area contributed by atoms with E-state index in [2.05, 4.69) is 9.62 Å². The predicted molar refractivity (Wildman–Crippen MR) is 98.1 cm³/mol. The molecule has 0 spiro atoms. The van der Waals surface area contributed by atoms with Gasteiger partial charge in [0, 0.05) is 30.7 Å². The molecule has 3 rings (SSSR count). The molecule has 1 unspecified atom stereocenters. The van der Waals surface area contributed by atoms with Crippen molar-refractivity contribution in [2.75, 3.05) is 32.8 Å². The number of ether oxygens (including phenoxy) is 1. The zero-order valence-electron chi connectivity index (χ0n) is 14.4. The van der Waals surface area contributed by atoms with E-state index in [0.717, 1.165) is 17.7 Å². The molecule has 1 fully saturated rings. The monoisotopic (exact) mass is 416 g/mol. The molecule has 0 aromatic heterocycles. The summed E-state index contributed by atoms with van der Waals surface area (Å²) in [5, 5.41) is 0.529. The number of rotatable bonds is 6. The topological polar surface area (TPSA) is 58.6 Å². The fraction of sp³-hybridized carbons (Fsp3) is 0.333. The van der Waals surface area contributed by atoms with Gasteiger partial charge in [0.25, 0.3) is 0 Å². The number of halogens is 3. The van der Waals surface area contributed by atoms with Crippen LogP contribution in [-0.2, 0) is 14.8 Å². The van der Waals surface area contributed by atoms with Crippen molar-refractivity contribution in [3.8, 4) is 0 Å². The van der Waals surface area contributed by atoms with Gasteiger partial charge in [0.1, 0.15) is 0 Å². The molecule has 2 aromatic carbocycles. The Kier molecular flexibility index (Phi) is 6.44. The van der Waals surface area contributed by atoms with Crippen LogP contribution < -0.4 is 4.72 Å². The van der Waals surface area contributed by atoms with E-state index in [1.165, 1.54) is 0 Å². The second-order valence-corrected chi connectivity index (χ2v) is 8.29. The first-order chi connectivity index (χ1) is 12.9. The van der Waals surface area contributed by atoms with Gasteiger partial charge in [0.05, 0.1) is 18.1 Å². The average molecular weight is 417 g/mol. The maximum atomic E-state index is 13.4. The molecular formula is C18H19ClF2N2O3S. The van der Waals surface area contributed by atoms with Gasteiger partial charge in [0.2, 0.25) is 10.0 Å². The summed E-state index contributed by atoms with van der Waals surface area (Å²) in [7, 11) is -4.01. The highest BCUT2D eigenvalue weighted by molar-refractivity contribution is 7.89. The summed E-state index contributed by atoms with van der Waals surface area (Å²) in [6.07, 6.45) is 0. The number of hydrogen-bond acceptors (Lipinski definition) is 4. The van der Waals surface area contributed by atoms with Crippen LogP contribution in [0.1, 0.15) is 11.6 Å². The molecule has 9 heteroatoms. The van der Waals surface area contributed by atoms with Crippen molar-refractivity contribution >= 4 is 21.6 Å². The third-order valence-corrected chi connectivity index (χ3v) is 6.18. The molecule has 1 aliphatic heterocycles. The van der Waals surface area contributed by atoms with E-state index in [4.69, 9.17) is 16.3 Å². The first kappa shape index (κ1) is 20.2. The smallest absolute Gasteiger partial charge is 0.240 e. The third kappa shape index (κ3) is 4.83. The second kappa shape index (κ2) is 8.62. The summed E-state index contributed by atoms with van der Waals surface area (Å²) < 4.78 is 59.4. The molecule has 0 radical (unpaired) electrons. The van der Waals surface area contributed by atoms with Crippen LogP contribution in [0.3, 0.4) is 0 Å². The van der Waals surface area contributed by atoms with E-state index in [1.807, 2.05) is 12.1 Å². The molecule has 1 atom stereocenters. The van der Waals surface area contributed by atoms with Gasteiger partial charge in [-0.05, 0) is 29.8 Å². The highest BCUT2D eigenvalue weighted by atomic mass is 35.5. The van der Waals surface area contributed by atoms with Gasteiger partial charge < -0.3 is 4.74 Å². The molecule has 1 saturated heterocycles. The van der Waals surface area contributed by atoms with Gasteiger partial charge in [0.15, 0.2) is 11.6 Å². The summed E-state index contributed by atoms with van der Waals surface area (Å²) >= 11 is 6.32. The van der Waals surface area contributed by atoms with E-state index in [0.29, 0.717) is 37.4 Å². The molecule has 0 amide bonds. The van der Waals surface area contributed by atoms with Gasteiger partial charge >= 0.3 is 0 Å². The van der Waals surface area contributed by atoms with E-state index in [1.54, 1.807) is 12.1 Å². The van der Waals surface area contributed by atoms with Crippen molar-refractivity contribution in [1.29, 1.82) is 0 Å².